The first-order chi connectivity index (χ1) is 3.81. The minimum Gasteiger partial charge on any atom is -0.402 e. The quantitative estimate of drug-likeness (QED) is 0.530. The van der Waals surface area contributed by atoms with E-state index >= 15 is 0 Å². The summed E-state index contributed by atoms with van der Waals surface area (Å²) in [4.78, 5) is 3.74. The molecule has 0 aliphatic carbocycles. The number of hydrogen-bond acceptors (Lipinski definition) is 2. The Labute approximate surface area is 50.1 Å². The zero-order valence-corrected chi connectivity index (χ0v) is 5.39. The average molecular weight is 112 g/mol. The van der Waals surface area contributed by atoms with Crippen LogP contribution in [0.25, 0.3) is 0 Å². The first-order valence-corrected chi connectivity index (χ1v) is 2.68. The Bertz CT molecular complexity index is 103. The zero-order chi connectivity index (χ0) is 6.41. The van der Waals surface area contributed by atoms with E-state index in [0.717, 1.165) is 12.1 Å². The third kappa shape index (κ3) is 3.40. The summed E-state index contributed by atoms with van der Waals surface area (Å²) >= 11 is 0. The second-order valence-electron chi connectivity index (χ2n) is 1.50. The predicted octanol–water partition coefficient (Wildman–Crippen LogP) is 0.940. The van der Waals surface area contributed by atoms with Crippen LogP contribution in [0.4, 0.5) is 0 Å². The van der Waals surface area contributed by atoms with E-state index in [0.29, 0.717) is 0 Å². The third-order valence-corrected chi connectivity index (χ3v) is 0.846. The minimum atomic E-state index is 0.871. The van der Waals surface area contributed by atoms with Crippen molar-refractivity contribution in [2.45, 2.75) is 13.3 Å². The molecule has 0 saturated carbocycles. The van der Waals surface area contributed by atoms with Gasteiger partial charge in [-0.25, -0.2) is 0 Å². The van der Waals surface area contributed by atoms with Crippen LogP contribution in [0.2, 0.25) is 0 Å². The topological polar surface area (TPSA) is 38.4 Å². The van der Waals surface area contributed by atoms with Crippen molar-refractivity contribution in [1.82, 2.24) is 0 Å². The van der Waals surface area contributed by atoms with Gasteiger partial charge in [-0.3, -0.25) is 4.99 Å². The Morgan fingerprint density at radius 2 is 2.38 bits per heavy atom. The summed E-state index contributed by atoms with van der Waals surface area (Å²) in [5.74, 6) is 0. The lowest BCUT2D eigenvalue weighted by Gasteiger charge is -1.87. The van der Waals surface area contributed by atoms with Gasteiger partial charge in [0.2, 0.25) is 0 Å². The molecule has 46 valence electrons. The van der Waals surface area contributed by atoms with Crippen LogP contribution in [0.15, 0.2) is 16.8 Å². The van der Waals surface area contributed by atoms with Crippen LogP contribution in [-0.4, -0.2) is 13.3 Å². The second kappa shape index (κ2) is 4.37. The fourth-order valence-corrected chi connectivity index (χ4v) is 0.288. The number of aliphatic imine (C=N–C) groups is 1. The van der Waals surface area contributed by atoms with Gasteiger partial charge >= 0.3 is 0 Å². The third-order valence-electron chi connectivity index (χ3n) is 0.846. The molecule has 0 bridgehead atoms. The highest BCUT2D eigenvalue weighted by molar-refractivity contribution is 5.71. The van der Waals surface area contributed by atoms with Gasteiger partial charge in [0.1, 0.15) is 0 Å². The molecule has 0 aliphatic heterocycles. The molecule has 0 fully saturated rings. The number of nitrogens with zero attached hydrogens (tertiary/aromatic N) is 1. The summed E-state index contributed by atoms with van der Waals surface area (Å²) in [5, 5.41) is 0. The van der Waals surface area contributed by atoms with E-state index in [9.17, 15) is 0 Å². The molecule has 0 heterocycles. The SMILES string of the molecule is CCC(N)=CC=NC. The van der Waals surface area contributed by atoms with Gasteiger partial charge in [0.05, 0.1) is 0 Å². The van der Waals surface area contributed by atoms with E-state index in [-0.39, 0.29) is 0 Å². The average Bonchev–Trinajstić information content (AvgIpc) is 1.83. The van der Waals surface area contributed by atoms with Crippen molar-refractivity contribution >= 4 is 6.21 Å². The molecule has 0 atom stereocenters. The van der Waals surface area contributed by atoms with Crippen LogP contribution in [0, 0.1) is 0 Å². The smallest absolute Gasteiger partial charge is 0.0277 e. The normalized spacial score (nSPS) is 13.0. The van der Waals surface area contributed by atoms with Crippen molar-refractivity contribution in [3.63, 3.8) is 0 Å². The summed E-state index contributed by atoms with van der Waals surface area (Å²) in [6.07, 6.45) is 4.39. The van der Waals surface area contributed by atoms with Gasteiger partial charge in [0, 0.05) is 19.0 Å². The van der Waals surface area contributed by atoms with Gasteiger partial charge in [0.15, 0.2) is 0 Å². The molecule has 0 rings (SSSR count). The first-order valence-electron chi connectivity index (χ1n) is 2.68. The van der Waals surface area contributed by atoms with Gasteiger partial charge in [-0.1, -0.05) is 6.92 Å². The molecule has 0 saturated heterocycles. The number of hydrogen-bond donors (Lipinski definition) is 1. The number of nitrogens with two attached hydrogens (primary N) is 1. The molecule has 2 N–H and O–H groups in total. The van der Waals surface area contributed by atoms with Crippen LogP contribution in [0.5, 0.6) is 0 Å². The Kier molecular flexibility index (Phi) is 3.94. The van der Waals surface area contributed by atoms with Crippen LogP contribution >= 0.6 is 0 Å². The van der Waals surface area contributed by atoms with Crippen LogP contribution in [0.3, 0.4) is 0 Å². The van der Waals surface area contributed by atoms with Crippen molar-refractivity contribution in [2.24, 2.45) is 10.7 Å². The fraction of sp³-hybridized carbons (Fsp3) is 0.500. The summed E-state index contributed by atoms with van der Waals surface area (Å²) in [7, 11) is 1.72. The fourth-order valence-electron chi connectivity index (χ4n) is 0.288. The molecule has 0 radical (unpaired) electrons. The predicted molar refractivity (Wildman–Crippen MR) is 37.0 cm³/mol. The highest BCUT2D eigenvalue weighted by atomic mass is 14.6. The molecule has 2 heteroatoms. The Morgan fingerprint density at radius 3 is 2.75 bits per heavy atom. The standard InChI is InChI=1S/C6H12N2/c1-3-6(7)4-5-8-2/h4-5H,3,7H2,1-2H3. The minimum absolute atomic E-state index is 0.871. The Balaban J connectivity index is 3.57. The molecule has 0 spiro atoms. The Morgan fingerprint density at radius 1 is 1.75 bits per heavy atom. The monoisotopic (exact) mass is 112 g/mol. The summed E-state index contributed by atoms with van der Waals surface area (Å²) in [6.45, 7) is 2.01. The lowest BCUT2D eigenvalue weighted by Crippen LogP contribution is -1.93. The van der Waals surface area contributed by atoms with Gasteiger partial charge in [-0.2, -0.15) is 0 Å². The number of allylic oxidation sites excluding steroid dienone is 2. The van der Waals surface area contributed by atoms with E-state index in [4.69, 9.17) is 5.73 Å². The van der Waals surface area contributed by atoms with E-state index in [1.807, 2.05) is 6.92 Å². The van der Waals surface area contributed by atoms with Crippen LogP contribution in [-0.2, 0) is 0 Å². The lowest BCUT2D eigenvalue weighted by molar-refractivity contribution is 1.07. The van der Waals surface area contributed by atoms with Crippen molar-refractivity contribution in [1.29, 1.82) is 0 Å². The van der Waals surface area contributed by atoms with Crippen molar-refractivity contribution in [2.75, 3.05) is 7.05 Å². The molecule has 0 unspecified atom stereocenters. The Hall–Kier alpha value is -0.790. The van der Waals surface area contributed by atoms with Crippen molar-refractivity contribution < 1.29 is 0 Å². The maximum atomic E-state index is 5.43. The highest BCUT2D eigenvalue weighted by Crippen LogP contribution is 1.85. The molecular formula is C6H12N2. The van der Waals surface area contributed by atoms with Crippen molar-refractivity contribution in [3.8, 4) is 0 Å². The summed E-state index contributed by atoms with van der Waals surface area (Å²) in [5.41, 5.74) is 6.30. The highest BCUT2D eigenvalue weighted by Gasteiger charge is 1.76. The maximum absolute atomic E-state index is 5.43. The van der Waals surface area contributed by atoms with E-state index in [1.165, 1.54) is 0 Å². The van der Waals surface area contributed by atoms with Crippen LogP contribution < -0.4 is 5.73 Å². The first kappa shape index (κ1) is 7.21. The number of rotatable bonds is 2. The van der Waals surface area contributed by atoms with Crippen LogP contribution in [0.1, 0.15) is 13.3 Å². The van der Waals surface area contributed by atoms with E-state index in [2.05, 4.69) is 4.99 Å². The van der Waals surface area contributed by atoms with Gasteiger partial charge in [-0.15, -0.1) is 0 Å². The van der Waals surface area contributed by atoms with Gasteiger partial charge < -0.3 is 5.73 Å². The molecule has 0 aromatic rings. The largest absolute Gasteiger partial charge is 0.402 e. The lowest BCUT2D eigenvalue weighted by atomic mass is 10.3. The van der Waals surface area contributed by atoms with Gasteiger partial charge in [0.25, 0.3) is 0 Å². The second-order valence-corrected chi connectivity index (χ2v) is 1.50. The molecule has 2 nitrogen and oxygen atoms in total. The van der Waals surface area contributed by atoms with Crippen molar-refractivity contribution in [3.05, 3.63) is 11.8 Å². The molecular weight excluding hydrogens is 100 g/mol. The summed E-state index contributed by atoms with van der Waals surface area (Å²) in [6, 6.07) is 0. The molecule has 0 aliphatic rings. The van der Waals surface area contributed by atoms with E-state index in [1.54, 1.807) is 19.3 Å². The molecule has 8 heavy (non-hydrogen) atoms. The maximum Gasteiger partial charge on any atom is 0.0277 e. The zero-order valence-electron chi connectivity index (χ0n) is 5.39. The summed E-state index contributed by atoms with van der Waals surface area (Å²) < 4.78 is 0. The molecule has 0 aromatic heterocycles. The molecule has 0 aromatic carbocycles. The van der Waals surface area contributed by atoms with E-state index < -0.39 is 0 Å². The molecule has 0 amide bonds. The van der Waals surface area contributed by atoms with Gasteiger partial charge in [-0.05, 0) is 12.5 Å².